The highest BCUT2D eigenvalue weighted by Crippen LogP contribution is 2.18. The first-order chi connectivity index (χ1) is 13.4. The van der Waals surface area contributed by atoms with Crippen molar-refractivity contribution < 1.29 is 18.1 Å². The predicted octanol–water partition coefficient (Wildman–Crippen LogP) is 0.795. The van der Waals surface area contributed by atoms with E-state index in [1.807, 2.05) is 44.3 Å². The van der Waals surface area contributed by atoms with E-state index in [9.17, 15) is 13.2 Å². The minimum Gasteiger partial charge on any atom is -0.334 e. The van der Waals surface area contributed by atoms with Crippen molar-refractivity contribution >= 4 is 15.9 Å². The molecule has 2 aromatic rings. The van der Waals surface area contributed by atoms with Crippen molar-refractivity contribution in [3.63, 3.8) is 0 Å². The van der Waals surface area contributed by atoms with Crippen LogP contribution < -0.4 is 4.90 Å². The highest BCUT2D eigenvalue weighted by molar-refractivity contribution is 7.89. The lowest BCUT2D eigenvalue weighted by atomic mass is 10.1. The molecule has 150 valence electrons. The molecule has 1 N–H and O–H groups in total. The Bertz CT molecular complexity index is 880. The van der Waals surface area contributed by atoms with Gasteiger partial charge in [-0.3, -0.25) is 4.79 Å². The van der Waals surface area contributed by atoms with Crippen LogP contribution in [0, 0.1) is 0 Å². The Balaban J connectivity index is 1.55. The van der Waals surface area contributed by atoms with Crippen molar-refractivity contribution in [1.82, 2.24) is 9.21 Å². The Morgan fingerprint density at radius 3 is 2.14 bits per heavy atom. The number of quaternary nitrogens is 1. The zero-order valence-corrected chi connectivity index (χ0v) is 17.2. The highest BCUT2D eigenvalue weighted by Gasteiger charge is 2.31. The number of sulfonamides is 1. The SMILES string of the molecule is C[C@H](c1ccccc1)N(C)C(=O)C[NH+]1CCN(S(=O)(=O)c2ccccc2)CC1. The molecular weight excluding hydrogens is 374 g/mol. The summed E-state index contributed by atoms with van der Waals surface area (Å²) in [5, 5.41) is 0. The Kier molecular flexibility index (Phi) is 6.49. The summed E-state index contributed by atoms with van der Waals surface area (Å²) in [6.45, 7) is 4.52. The molecule has 28 heavy (non-hydrogen) atoms. The number of benzene rings is 2. The lowest BCUT2D eigenvalue weighted by Gasteiger charge is -2.33. The van der Waals surface area contributed by atoms with Crippen LogP contribution in [0.1, 0.15) is 18.5 Å². The Hall–Kier alpha value is -2.22. The largest absolute Gasteiger partial charge is 0.334 e. The Morgan fingerprint density at radius 2 is 1.57 bits per heavy atom. The first kappa shape index (κ1) is 20.5. The fourth-order valence-electron chi connectivity index (χ4n) is 3.47. The maximum absolute atomic E-state index is 12.7. The van der Waals surface area contributed by atoms with Crippen molar-refractivity contribution in [2.24, 2.45) is 0 Å². The topological polar surface area (TPSA) is 62.1 Å². The van der Waals surface area contributed by atoms with E-state index in [-0.39, 0.29) is 11.9 Å². The molecule has 0 unspecified atom stereocenters. The quantitative estimate of drug-likeness (QED) is 0.777. The van der Waals surface area contributed by atoms with Crippen LogP contribution in [-0.2, 0) is 14.8 Å². The second-order valence-electron chi connectivity index (χ2n) is 7.24. The molecule has 1 saturated heterocycles. The van der Waals surface area contributed by atoms with Crippen LogP contribution in [0.3, 0.4) is 0 Å². The van der Waals surface area contributed by atoms with Gasteiger partial charge in [0.25, 0.3) is 5.91 Å². The van der Waals surface area contributed by atoms with Crippen molar-refractivity contribution in [3.8, 4) is 0 Å². The van der Waals surface area contributed by atoms with Gasteiger partial charge in [0.1, 0.15) is 0 Å². The second-order valence-corrected chi connectivity index (χ2v) is 9.17. The van der Waals surface area contributed by atoms with Crippen LogP contribution in [0.2, 0.25) is 0 Å². The molecule has 7 heteroatoms. The van der Waals surface area contributed by atoms with Crippen molar-refractivity contribution in [2.75, 3.05) is 39.8 Å². The number of nitrogens with zero attached hydrogens (tertiary/aromatic N) is 2. The van der Waals surface area contributed by atoms with Crippen LogP contribution in [0.5, 0.6) is 0 Å². The Morgan fingerprint density at radius 1 is 1.04 bits per heavy atom. The summed E-state index contributed by atoms with van der Waals surface area (Å²) in [5.74, 6) is 0.0747. The molecule has 0 radical (unpaired) electrons. The number of carbonyl (C=O) groups excluding carboxylic acids is 1. The van der Waals surface area contributed by atoms with Gasteiger partial charge >= 0.3 is 0 Å². The summed E-state index contributed by atoms with van der Waals surface area (Å²) in [5.41, 5.74) is 1.10. The smallest absolute Gasteiger partial charge is 0.278 e. The van der Waals surface area contributed by atoms with E-state index >= 15 is 0 Å². The van der Waals surface area contributed by atoms with Gasteiger partial charge in [0, 0.05) is 7.05 Å². The van der Waals surface area contributed by atoms with E-state index < -0.39 is 10.0 Å². The van der Waals surface area contributed by atoms with Crippen molar-refractivity contribution in [1.29, 1.82) is 0 Å². The summed E-state index contributed by atoms with van der Waals surface area (Å²) >= 11 is 0. The van der Waals surface area contributed by atoms with Gasteiger partial charge in [-0.2, -0.15) is 4.31 Å². The third kappa shape index (κ3) is 4.60. The van der Waals surface area contributed by atoms with E-state index in [4.69, 9.17) is 0 Å². The lowest BCUT2D eigenvalue weighted by Crippen LogP contribution is -3.15. The predicted molar refractivity (Wildman–Crippen MR) is 108 cm³/mol. The molecule has 1 aliphatic rings. The molecule has 0 saturated carbocycles. The van der Waals surface area contributed by atoms with E-state index in [1.165, 1.54) is 4.31 Å². The number of hydrogen-bond acceptors (Lipinski definition) is 3. The number of rotatable bonds is 6. The minimum absolute atomic E-state index is 0.00727. The minimum atomic E-state index is -3.46. The van der Waals surface area contributed by atoms with Crippen molar-refractivity contribution in [3.05, 3.63) is 66.2 Å². The third-order valence-electron chi connectivity index (χ3n) is 5.47. The average molecular weight is 403 g/mol. The average Bonchev–Trinajstić information content (AvgIpc) is 2.74. The maximum Gasteiger partial charge on any atom is 0.278 e. The summed E-state index contributed by atoms with van der Waals surface area (Å²) in [6.07, 6.45) is 0. The number of nitrogens with one attached hydrogen (secondary N) is 1. The first-order valence-electron chi connectivity index (χ1n) is 9.59. The molecule has 1 fully saturated rings. The van der Waals surface area contributed by atoms with Gasteiger partial charge in [-0.15, -0.1) is 0 Å². The summed E-state index contributed by atoms with van der Waals surface area (Å²) in [7, 11) is -1.63. The molecule has 6 nitrogen and oxygen atoms in total. The first-order valence-corrected chi connectivity index (χ1v) is 11.0. The molecule has 0 bridgehead atoms. The van der Waals surface area contributed by atoms with Gasteiger partial charge in [-0.1, -0.05) is 48.5 Å². The van der Waals surface area contributed by atoms with Crippen LogP contribution in [0.25, 0.3) is 0 Å². The van der Waals surface area contributed by atoms with Crippen molar-refractivity contribution in [2.45, 2.75) is 17.9 Å². The van der Waals surface area contributed by atoms with E-state index in [0.717, 1.165) is 10.5 Å². The molecule has 1 atom stereocenters. The highest BCUT2D eigenvalue weighted by atomic mass is 32.2. The molecule has 2 aromatic carbocycles. The molecule has 0 aliphatic carbocycles. The fourth-order valence-corrected chi connectivity index (χ4v) is 4.93. The Labute approximate surface area is 167 Å². The summed E-state index contributed by atoms with van der Waals surface area (Å²) in [6, 6.07) is 18.5. The monoisotopic (exact) mass is 402 g/mol. The van der Waals surface area contributed by atoms with Crippen LogP contribution in [0.4, 0.5) is 0 Å². The lowest BCUT2D eigenvalue weighted by molar-refractivity contribution is -0.896. The molecular formula is C21H28N3O3S+. The number of likely N-dealkylation sites (N-methyl/N-ethyl adjacent to an activating group) is 1. The molecule has 1 amide bonds. The van der Waals surface area contributed by atoms with Crippen LogP contribution >= 0.6 is 0 Å². The standard InChI is InChI=1S/C21H27N3O3S/c1-18(19-9-5-3-6-10-19)22(2)21(25)17-23-13-15-24(16-14-23)28(26,27)20-11-7-4-8-12-20/h3-12,18H,13-17H2,1-2H3/p+1/t18-/m1/s1. The molecule has 3 rings (SSSR count). The number of amides is 1. The molecule has 1 heterocycles. The van der Waals surface area contributed by atoms with Crippen LogP contribution in [0.15, 0.2) is 65.6 Å². The maximum atomic E-state index is 12.7. The summed E-state index contributed by atoms with van der Waals surface area (Å²) in [4.78, 5) is 15.9. The molecule has 1 aliphatic heterocycles. The molecule has 0 spiro atoms. The normalized spacial score (nSPS) is 17.2. The van der Waals surface area contributed by atoms with E-state index in [0.29, 0.717) is 37.6 Å². The number of piperazine rings is 1. The van der Waals surface area contributed by atoms with Gasteiger partial charge in [0.15, 0.2) is 6.54 Å². The number of hydrogen-bond donors (Lipinski definition) is 1. The summed E-state index contributed by atoms with van der Waals surface area (Å²) < 4.78 is 26.9. The zero-order chi connectivity index (χ0) is 20.1. The van der Waals surface area contributed by atoms with Gasteiger partial charge in [-0.25, -0.2) is 8.42 Å². The van der Waals surface area contributed by atoms with Crippen LogP contribution in [-0.4, -0.2) is 63.3 Å². The van der Waals surface area contributed by atoms with Gasteiger partial charge < -0.3 is 9.80 Å². The van der Waals surface area contributed by atoms with E-state index in [1.54, 1.807) is 35.2 Å². The van der Waals surface area contributed by atoms with Gasteiger partial charge in [0.05, 0.1) is 37.1 Å². The van der Waals surface area contributed by atoms with E-state index in [2.05, 4.69) is 0 Å². The third-order valence-corrected chi connectivity index (χ3v) is 7.38. The number of carbonyl (C=O) groups is 1. The zero-order valence-electron chi connectivity index (χ0n) is 16.4. The van der Waals surface area contributed by atoms with Gasteiger partial charge in [-0.05, 0) is 24.6 Å². The molecule has 0 aromatic heterocycles. The second kappa shape index (κ2) is 8.86. The van der Waals surface area contributed by atoms with Gasteiger partial charge in [0.2, 0.25) is 10.0 Å². The fraction of sp³-hybridized carbons (Fsp3) is 0.381.